The minimum atomic E-state index is -1.16. The molecular weight excluding hydrogens is 319 g/mol. The molecule has 7 nitrogen and oxygen atoms in total. The SMILES string of the molecule is CNC(=O)[C@H]1CC[C@@H](C(=O)O)N(C(=O)c2cc(F)ccc2OC)C1. The fourth-order valence-corrected chi connectivity index (χ4v) is 2.87. The van der Waals surface area contributed by atoms with Crippen LogP contribution in [0.2, 0.25) is 0 Å². The van der Waals surface area contributed by atoms with Gasteiger partial charge in [-0.2, -0.15) is 0 Å². The van der Waals surface area contributed by atoms with Crippen LogP contribution in [-0.2, 0) is 9.59 Å². The molecule has 0 unspecified atom stereocenters. The number of methoxy groups -OCH3 is 1. The zero-order valence-electron chi connectivity index (χ0n) is 13.4. The van der Waals surface area contributed by atoms with Crippen LogP contribution >= 0.6 is 0 Å². The van der Waals surface area contributed by atoms with Gasteiger partial charge in [0.05, 0.1) is 18.6 Å². The van der Waals surface area contributed by atoms with Crippen LogP contribution in [0.5, 0.6) is 5.75 Å². The van der Waals surface area contributed by atoms with Gasteiger partial charge in [-0.05, 0) is 31.0 Å². The quantitative estimate of drug-likeness (QED) is 0.850. The summed E-state index contributed by atoms with van der Waals surface area (Å²) in [5.41, 5.74) is -0.0682. The molecule has 2 amide bonds. The smallest absolute Gasteiger partial charge is 0.326 e. The maximum atomic E-state index is 13.5. The Kier molecular flexibility index (Phi) is 5.38. The largest absolute Gasteiger partial charge is 0.496 e. The molecule has 0 aliphatic carbocycles. The highest BCUT2D eigenvalue weighted by Gasteiger charge is 2.39. The van der Waals surface area contributed by atoms with Crippen LogP contribution in [0, 0.1) is 11.7 Å². The summed E-state index contributed by atoms with van der Waals surface area (Å²) in [5.74, 6) is -3.09. The first-order chi connectivity index (χ1) is 11.4. The number of aliphatic carboxylic acids is 1. The molecule has 1 aliphatic heterocycles. The first-order valence-electron chi connectivity index (χ1n) is 7.48. The summed E-state index contributed by atoms with van der Waals surface area (Å²) in [5, 5.41) is 11.9. The maximum Gasteiger partial charge on any atom is 0.326 e. The molecule has 130 valence electrons. The van der Waals surface area contributed by atoms with E-state index in [0.29, 0.717) is 6.42 Å². The van der Waals surface area contributed by atoms with Gasteiger partial charge < -0.3 is 20.1 Å². The Balaban J connectivity index is 2.36. The van der Waals surface area contributed by atoms with Gasteiger partial charge in [0.25, 0.3) is 5.91 Å². The van der Waals surface area contributed by atoms with E-state index in [0.717, 1.165) is 17.0 Å². The molecule has 8 heteroatoms. The molecule has 24 heavy (non-hydrogen) atoms. The zero-order chi connectivity index (χ0) is 17.9. The summed E-state index contributed by atoms with van der Waals surface area (Å²) < 4.78 is 18.6. The normalized spacial score (nSPS) is 20.4. The van der Waals surface area contributed by atoms with Gasteiger partial charge in [-0.1, -0.05) is 0 Å². The highest BCUT2D eigenvalue weighted by atomic mass is 19.1. The second-order valence-corrected chi connectivity index (χ2v) is 5.54. The van der Waals surface area contributed by atoms with Crippen LogP contribution in [0.1, 0.15) is 23.2 Å². The lowest BCUT2D eigenvalue weighted by Crippen LogP contribution is -2.53. The summed E-state index contributed by atoms with van der Waals surface area (Å²) in [6.45, 7) is -0.0465. The van der Waals surface area contributed by atoms with E-state index in [4.69, 9.17) is 4.74 Å². The number of likely N-dealkylation sites (tertiary alicyclic amines) is 1. The van der Waals surface area contributed by atoms with Crippen molar-refractivity contribution in [1.82, 2.24) is 10.2 Å². The van der Waals surface area contributed by atoms with E-state index in [1.54, 1.807) is 0 Å². The van der Waals surface area contributed by atoms with Gasteiger partial charge >= 0.3 is 5.97 Å². The molecule has 1 aliphatic rings. The Morgan fingerprint density at radius 2 is 2.04 bits per heavy atom. The predicted molar refractivity (Wildman–Crippen MR) is 82.2 cm³/mol. The van der Waals surface area contributed by atoms with Crippen molar-refractivity contribution in [2.24, 2.45) is 5.92 Å². The molecule has 1 aromatic rings. The summed E-state index contributed by atoms with van der Waals surface area (Å²) in [7, 11) is 2.82. The van der Waals surface area contributed by atoms with E-state index in [1.165, 1.54) is 20.2 Å². The van der Waals surface area contributed by atoms with Crippen molar-refractivity contribution in [1.29, 1.82) is 0 Å². The molecule has 0 saturated carbocycles. The molecule has 1 aromatic carbocycles. The maximum absolute atomic E-state index is 13.5. The van der Waals surface area contributed by atoms with Crippen molar-refractivity contribution in [3.8, 4) is 5.75 Å². The molecule has 0 aromatic heterocycles. The van der Waals surface area contributed by atoms with E-state index in [9.17, 15) is 23.9 Å². The lowest BCUT2D eigenvalue weighted by Gasteiger charge is -2.37. The molecule has 1 saturated heterocycles. The highest BCUT2D eigenvalue weighted by Crippen LogP contribution is 2.28. The standard InChI is InChI=1S/C16H19FN2O5/c1-18-14(20)9-3-5-12(16(22)23)19(8-9)15(21)11-7-10(17)4-6-13(11)24-2/h4,6-7,9,12H,3,5,8H2,1-2H3,(H,18,20)(H,22,23)/t9-,12-/m0/s1. The number of nitrogens with zero attached hydrogens (tertiary/aromatic N) is 1. The van der Waals surface area contributed by atoms with E-state index in [1.807, 2.05) is 0 Å². The summed E-state index contributed by atoms with van der Waals surface area (Å²) >= 11 is 0. The van der Waals surface area contributed by atoms with E-state index >= 15 is 0 Å². The second kappa shape index (κ2) is 7.29. The number of carboxylic acid groups (broad SMARTS) is 1. The Bertz CT molecular complexity index is 664. The van der Waals surface area contributed by atoms with Gasteiger partial charge in [0.15, 0.2) is 0 Å². The van der Waals surface area contributed by atoms with Crippen molar-refractivity contribution in [2.75, 3.05) is 20.7 Å². The summed E-state index contributed by atoms with van der Waals surface area (Å²) in [6, 6.07) is 2.39. The number of ether oxygens (including phenoxy) is 1. The topological polar surface area (TPSA) is 95.9 Å². The van der Waals surface area contributed by atoms with Gasteiger partial charge in [0.2, 0.25) is 5.91 Å². The second-order valence-electron chi connectivity index (χ2n) is 5.54. The van der Waals surface area contributed by atoms with Crippen molar-refractivity contribution in [3.05, 3.63) is 29.6 Å². The van der Waals surface area contributed by atoms with Gasteiger partial charge in [0.1, 0.15) is 17.6 Å². The number of carboxylic acids is 1. The molecule has 2 atom stereocenters. The Morgan fingerprint density at radius 1 is 1.33 bits per heavy atom. The fraction of sp³-hybridized carbons (Fsp3) is 0.438. The number of amides is 2. The third kappa shape index (κ3) is 3.47. The third-order valence-corrected chi connectivity index (χ3v) is 4.14. The fourth-order valence-electron chi connectivity index (χ4n) is 2.87. The predicted octanol–water partition coefficient (Wildman–Crippen LogP) is 0.886. The molecule has 1 fully saturated rings. The van der Waals surface area contributed by atoms with Crippen LogP contribution < -0.4 is 10.1 Å². The number of nitrogens with one attached hydrogen (secondary N) is 1. The first kappa shape index (κ1) is 17.7. The molecule has 0 bridgehead atoms. The van der Waals surface area contributed by atoms with Crippen LogP contribution in [0.15, 0.2) is 18.2 Å². The number of halogens is 1. The van der Waals surface area contributed by atoms with Crippen molar-refractivity contribution in [2.45, 2.75) is 18.9 Å². The molecule has 0 spiro atoms. The average molecular weight is 338 g/mol. The van der Waals surface area contributed by atoms with Crippen LogP contribution in [0.4, 0.5) is 4.39 Å². The zero-order valence-corrected chi connectivity index (χ0v) is 13.4. The van der Waals surface area contributed by atoms with E-state index in [-0.39, 0.29) is 30.2 Å². The van der Waals surface area contributed by atoms with Crippen molar-refractivity contribution in [3.63, 3.8) is 0 Å². The Hall–Kier alpha value is -2.64. The summed E-state index contributed by atoms with van der Waals surface area (Å²) in [4.78, 5) is 37.2. The number of rotatable bonds is 4. The van der Waals surface area contributed by atoms with Crippen LogP contribution in [0.3, 0.4) is 0 Å². The van der Waals surface area contributed by atoms with Gasteiger partial charge in [-0.3, -0.25) is 9.59 Å². The van der Waals surface area contributed by atoms with Crippen LogP contribution in [-0.4, -0.2) is 54.5 Å². The van der Waals surface area contributed by atoms with Crippen molar-refractivity contribution >= 4 is 17.8 Å². The van der Waals surface area contributed by atoms with E-state index < -0.39 is 29.7 Å². The first-order valence-corrected chi connectivity index (χ1v) is 7.48. The lowest BCUT2D eigenvalue weighted by atomic mass is 9.91. The molecule has 2 rings (SSSR count). The number of piperidine rings is 1. The van der Waals surface area contributed by atoms with Gasteiger partial charge in [-0.15, -0.1) is 0 Å². The number of carbonyl (C=O) groups is 3. The minimum absolute atomic E-state index is 0.0465. The minimum Gasteiger partial charge on any atom is -0.496 e. The number of hydrogen-bond donors (Lipinski definition) is 2. The van der Waals surface area contributed by atoms with E-state index in [2.05, 4.69) is 5.32 Å². The Morgan fingerprint density at radius 3 is 2.62 bits per heavy atom. The number of benzene rings is 1. The lowest BCUT2D eigenvalue weighted by molar-refractivity contribution is -0.145. The molecule has 2 N–H and O–H groups in total. The Labute approximate surface area is 138 Å². The van der Waals surface area contributed by atoms with Crippen molar-refractivity contribution < 1.29 is 28.6 Å². The highest BCUT2D eigenvalue weighted by molar-refractivity contribution is 5.99. The molecule has 1 heterocycles. The average Bonchev–Trinajstić information content (AvgIpc) is 2.59. The van der Waals surface area contributed by atoms with Gasteiger partial charge in [0, 0.05) is 13.6 Å². The molecule has 0 radical (unpaired) electrons. The number of hydrogen-bond acceptors (Lipinski definition) is 4. The van der Waals surface area contributed by atoms with Gasteiger partial charge in [-0.25, -0.2) is 9.18 Å². The number of carbonyl (C=O) groups excluding carboxylic acids is 2. The monoisotopic (exact) mass is 338 g/mol. The van der Waals surface area contributed by atoms with Crippen LogP contribution in [0.25, 0.3) is 0 Å². The summed E-state index contributed by atoms with van der Waals surface area (Å²) in [6.07, 6.45) is 0.511. The third-order valence-electron chi connectivity index (χ3n) is 4.14. The molecular formula is C16H19FN2O5.